The van der Waals surface area contributed by atoms with E-state index in [9.17, 15) is 18.0 Å². The van der Waals surface area contributed by atoms with E-state index in [-0.39, 0.29) is 19.1 Å². The molecule has 2 aromatic rings. The number of carbonyl (C=O) groups is 2. The third kappa shape index (κ3) is 5.15. The van der Waals surface area contributed by atoms with Gasteiger partial charge in [-0.3, -0.25) is 4.79 Å². The highest BCUT2D eigenvalue weighted by Gasteiger charge is 2.25. The Hall–Kier alpha value is -2.23. The Labute approximate surface area is 162 Å². The first-order chi connectivity index (χ1) is 12.8. The topological polar surface area (TPSA) is 92.8 Å². The van der Waals surface area contributed by atoms with E-state index in [1.165, 1.54) is 11.3 Å². The lowest BCUT2D eigenvalue weighted by Crippen LogP contribution is -2.33. The van der Waals surface area contributed by atoms with Crippen LogP contribution in [0.15, 0.2) is 36.4 Å². The van der Waals surface area contributed by atoms with Crippen molar-refractivity contribution in [3.63, 3.8) is 0 Å². The number of nitrogens with one attached hydrogen (secondary N) is 1. The molecule has 0 radical (unpaired) electrons. The maximum Gasteiger partial charge on any atom is 0.348 e. The Morgan fingerprint density at radius 3 is 2.78 bits per heavy atom. The van der Waals surface area contributed by atoms with Crippen LogP contribution in [-0.2, 0) is 32.4 Å². The number of nitrogens with zero attached hydrogens (tertiary/aromatic N) is 1. The van der Waals surface area contributed by atoms with Gasteiger partial charge in [0.2, 0.25) is 10.0 Å². The SMILES string of the molecule is CS(=O)(=O)NCCc1ccc(C(=O)OCC(=O)N2CCc3ccccc32)s1. The number of benzene rings is 1. The quantitative estimate of drug-likeness (QED) is 0.703. The van der Waals surface area contributed by atoms with Gasteiger partial charge in [-0.15, -0.1) is 11.3 Å². The Bertz CT molecular complexity index is 952. The first kappa shape index (κ1) is 19.5. The maximum absolute atomic E-state index is 12.4. The number of sulfonamides is 1. The largest absolute Gasteiger partial charge is 0.451 e. The van der Waals surface area contributed by atoms with Gasteiger partial charge in [0.25, 0.3) is 5.91 Å². The van der Waals surface area contributed by atoms with Gasteiger partial charge in [0.1, 0.15) is 4.88 Å². The van der Waals surface area contributed by atoms with Crippen LogP contribution in [0, 0.1) is 0 Å². The first-order valence-electron chi connectivity index (χ1n) is 8.42. The molecule has 0 saturated heterocycles. The molecule has 2 heterocycles. The summed E-state index contributed by atoms with van der Waals surface area (Å²) in [5, 5.41) is 0. The van der Waals surface area contributed by atoms with Crippen LogP contribution in [0.2, 0.25) is 0 Å². The molecule has 0 unspecified atom stereocenters. The van der Waals surface area contributed by atoms with Gasteiger partial charge in [0, 0.05) is 23.7 Å². The van der Waals surface area contributed by atoms with Gasteiger partial charge in [-0.25, -0.2) is 17.9 Å². The van der Waals surface area contributed by atoms with Crippen LogP contribution in [-0.4, -0.2) is 46.2 Å². The van der Waals surface area contributed by atoms with Crippen molar-refractivity contribution in [2.24, 2.45) is 0 Å². The standard InChI is InChI=1S/C18H20N2O5S2/c1-27(23,24)19-10-8-14-6-7-16(26-14)18(22)25-12-17(21)20-11-9-13-4-2-3-5-15(13)20/h2-7,19H,8-12H2,1H3. The molecule has 3 rings (SSSR count). The molecule has 0 spiro atoms. The minimum Gasteiger partial charge on any atom is -0.451 e. The lowest BCUT2D eigenvalue weighted by Gasteiger charge is -2.16. The number of ether oxygens (including phenoxy) is 1. The van der Waals surface area contributed by atoms with Gasteiger partial charge >= 0.3 is 5.97 Å². The van der Waals surface area contributed by atoms with Gasteiger partial charge in [-0.1, -0.05) is 18.2 Å². The molecule has 1 aromatic heterocycles. The number of fused-ring (bicyclic) bond motifs is 1. The van der Waals surface area contributed by atoms with E-state index in [0.29, 0.717) is 17.8 Å². The van der Waals surface area contributed by atoms with Crippen molar-refractivity contribution in [3.8, 4) is 0 Å². The Kier molecular flexibility index (Phi) is 5.93. The van der Waals surface area contributed by atoms with Crippen molar-refractivity contribution in [1.82, 2.24) is 4.72 Å². The average Bonchev–Trinajstić information content (AvgIpc) is 3.25. The van der Waals surface area contributed by atoms with E-state index in [2.05, 4.69) is 4.72 Å². The number of esters is 1. The molecular formula is C18H20N2O5S2. The summed E-state index contributed by atoms with van der Waals surface area (Å²) in [4.78, 5) is 27.4. The molecule has 0 bridgehead atoms. The van der Waals surface area contributed by atoms with E-state index in [1.54, 1.807) is 17.0 Å². The second-order valence-corrected chi connectivity index (χ2v) is 9.18. The molecule has 144 valence electrons. The average molecular weight is 409 g/mol. The number of carbonyl (C=O) groups excluding carboxylic acids is 2. The molecule has 1 amide bonds. The third-order valence-electron chi connectivity index (χ3n) is 4.11. The molecule has 1 aromatic carbocycles. The number of para-hydroxylation sites is 1. The number of amides is 1. The Morgan fingerprint density at radius 1 is 1.22 bits per heavy atom. The van der Waals surface area contributed by atoms with E-state index in [4.69, 9.17) is 4.74 Å². The summed E-state index contributed by atoms with van der Waals surface area (Å²) in [7, 11) is -3.23. The summed E-state index contributed by atoms with van der Waals surface area (Å²) in [5.41, 5.74) is 1.98. The van der Waals surface area contributed by atoms with Gasteiger partial charge in [0.05, 0.1) is 6.26 Å². The highest BCUT2D eigenvalue weighted by molar-refractivity contribution is 7.88. The van der Waals surface area contributed by atoms with Crippen molar-refractivity contribution in [2.75, 3.05) is 30.9 Å². The number of hydrogen-bond acceptors (Lipinski definition) is 6. The lowest BCUT2D eigenvalue weighted by molar-refractivity contribution is -0.121. The smallest absolute Gasteiger partial charge is 0.348 e. The van der Waals surface area contributed by atoms with E-state index in [1.807, 2.05) is 24.3 Å². The van der Waals surface area contributed by atoms with Crippen LogP contribution in [0.4, 0.5) is 5.69 Å². The molecule has 0 fully saturated rings. The predicted molar refractivity (Wildman–Crippen MR) is 104 cm³/mol. The summed E-state index contributed by atoms with van der Waals surface area (Å²) in [6, 6.07) is 11.1. The molecule has 0 saturated carbocycles. The zero-order valence-electron chi connectivity index (χ0n) is 14.8. The third-order valence-corrected chi connectivity index (χ3v) is 5.97. The Morgan fingerprint density at radius 2 is 2.00 bits per heavy atom. The molecular weight excluding hydrogens is 388 g/mol. The molecule has 1 aliphatic rings. The minimum atomic E-state index is -3.23. The highest BCUT2D eigenvalue weighted by atomic mass is 32.2. The number of thiophene rings is 1. The number of rotatable bonds is 7. The Balaban J connectivity index is 1.50. The summed E-state index contributed by atoms with van der Waals surface area (Å²) in [5.74, 6) is -0.800. The monoisotopic (exact) mass is 408 g/mol. The molecule has 27 heavy (non-hydrogen) atoms. The first-order valence-corrected chi connectivity index (χ1v) is 11.1. The molecule has 1 N–H and O–H groups in total. The fourth-order valence-corrected chi connectivity index (χ4v) is 4.23. The highest BCUT2D eigenvalue weighted by Crippen LogP contribution is 2.27. The second kappa shape index (κ2) is 8.20. The van der Waals surface area contributed by atoms with Crippen LogP contribution in [0.3, 0.4) is 0 Å². The van der Waals surface area contributed by atoms with E-state index >= 15 is 0 Å². The van der Waals surface area contributed by atoms with Crippen molar-refractivity contribution in [2.45, 2.75) is 12.8 Å². The summed E-state index contributed by atoms with van der Waals surface area (Å²) in [6.07, 6.45) is 2.38. The summed E-state index contributed by atoms with van der Waals surface area (Å²) >= 11 is 1.23. The van der Waals surface area contributed by atoms with Gasteiger partial charge in [-0.05, 0) is 36.6 Å². The number of anilines is 1. The van der Waals surface area contributed by atoms with E-state index in [0.717, 1.165) is 28.8 Å². The van der Waals surface area contributed by atoms with Gasteiger partial charge in [-0.2, -0.15) is 0 Å². The van der Waals surface area contributed by atoms with Crippen molar-refractivity contribution >= 4 is 38.9 Å². The minimum absolute atomic E-state index is 0.248. The second-order valence-electron chi connectivity index (χ2n) is 6.18. The molecule has 7 nitrogen and oxygen atoms in total. The molecule has 0 aliphatic carbocycles. The summed E-state index contributed by atoms with van der Waals surface area (Å²) in [6.45, 7) is 0.545. The fourth-order valence-electron chi connectivity index (χ4n) is 2.86. The van der Waals surface area contributed by atoms with Crippen LogP contribution in [0.5, 0.6) is 0 Å². The fraction of sp³-hybridized carbons (Fsp3) is 0.333. The molecule has 1 aliphatic heterocycles. The van der Waals surface area contributed by atoms with Crippen molar-refractivity contribution < 1.29 is 22.7 Å². The molecule has 0 atom stereocenters. The number of hydrogen-bond donors (Lipinski definition) is 1. The van der Waals surface area contributed by atoms with Crippen LogP contribution in [0.25, 0.3) is 0 Å². The van der Waals surface area contributed by atoms with Crippen LogP contribution >= 0.6 is 11.3 Å². The van der Waals surface area contributed by atoms with Crippen molar-refractivity contribution in [1.29, 1.82) is 0 Å². The van der Waals surface area contributed by atoms with Gasteiger partial charge in [0.15, 0.2) is 6.61 Å². The zero-order chi connectivity index (χ0) is 19.4. The van der Waals surface area contributed by atoms with Gasteiger partial charge < -0.3 is 9.64 Å². The maximum atomic E-state index is 12.4. The predicted octanol–water partition coefficient (Wildman–Crippen LogP) is 1.59. The molecule has 9 heteroatoms. The lowest BCUT2D eigenvalue weighted by atomic mass is 10.2. The van der Waals surface area contributed by atoms with Crippen molar-refractivity contribution in [3.05, 3.63) is 51.7 Å². The summed E-state index contributed by atoms with van der Waals surface area (Å²) < 4.78 is 29.7. The zero-order valence-corrected chi connectivity index (χ0v) is 16.4. The van der Waals surface area contributed by atoms with E-state index < -0.39 is 16.0 Å². The normalized spacial score (nSPS) is 13.4. The van der Waals surface area contributed by atoms with Crippen LogP contribution in [0.1, 0.15) is 20.1 Å². The van der Waals surface area contributed by atoms with Crippen LogP contribution < -0.4 is 9.62 Å².